The number of pyridine rings is 1. The van der Waals surface area contributed by atoms with Crippen LogP contribution in [-0.4, -0.2) is 18.2 Å². The Morgan fingerprint density at radius 1 is 0.783 bits per heavy atom. The van der Waals surface area contributed by atoms with Gasteiger partial charge in [-0.3, -0.25) is 0 Å². The van der Waals surface area contributed by atoms with Gasteiger partial charge in [-0.2, -0.15) is 10.5 Å². The van der Waals surface area contributed by atoms with E-state index in [0.29, 0.717) is 30.2 Å². The van der Waals surface area contributed by atoms with Gasteiger partial charge in [0.15, 0.2) is 0 Å². The predicted octanol–water partition coefficient (Wildman–Crippen LogP) is 3.45. The molecule has 0 aliphatic heterocycles. The van der Waals surface area contributed by atoms with Crippen LogP contribution >= 0.6 is 0 Å². The van der Waals surface area contributed by atoms with E-state index in [2.05, 4.69) is 11.1 Å². The molecule has 0 bridgehead atoms. The summed E-state index contributed by atoms with van der Waals surface area (Å²) in [6.45, 7) is 1.23. The van der Waals surface area contributed by atoms with E-state index in [-0.39, 0.29) is 0 Å². The fourth-order valence-corrected chi connectivity index (χ4v) is 1.91. The lowest BCUT2D eigenvalue weighted by Crippen LogP contribution is -2.01. The first kappa shape index (κ1) is 16.3. The van der Waals surface area contributed by atoms with Gasteiger partial charge in [-0.05, 0) is 49.6 Å². The standard InChI is InChI=1S/C18H17N3O2/c19-12-15-4-7-17(8-5-15)22-10-2-1-3-11-23-18-9-6-16(13-20)14-21-18/h4-9,14H,1-3,10-11H2. The molecule has 2 aromatic rings. The van der Waals surface area contributed by atoms with Gasteiger partial charge in [-0.15, -0.1) is 0 Å². The molecule has 0 aliphatic carbocycles. The lowest BCUT2D eigenvalue weighted by Gasteiger charge is -2.07. The summed E-state index contributed by atoms with van der Waals surface area (Å²) in [5.74, 6) is 1.32. The van der Waals surface area contributed by atoms with Crippen LogP contribution in [0, 0.1) is 22.7 Å². The van der Waals surface area contributed by atoms with Crippen LogP contribution in [-0.2, 0) is 0 Å². The number of aromatic nitrogens is 1. The number of unbranched alkanes of at least 4 members (excludes halogenated alkanes) is 2. The number of hydrogen-bond donors (Lipinski definition) is 0. The van der Waals surface area contributed by atoms with E-state index >= 15 is 0 Å². The molecular formula is C18H17N3O2. The van der Waals surface area contributed by atoms with Crippen LogP contribution in [0.15, 0.2) is 42.6 Å². The Morgan fingerprint density at radius 3 is 2.04 bits per heavy atom. The summed E-state index contributed by atoms with van der Waals surface area (Å²) in [6.07, 6.45) is 4.34. The molecule has 0 atom stereocenters. The fraction of sp³-hybridized carbons (Fsp3) is 0.278. The van der Waals surface area contributed by atoms with Gasteiger partial charge < -0.3 is 9.47 Å². The SMILES string of the molecule is N#Cc1ccc(OCCCCCOc2ccc(C#N)cn2)cc1. The molecule has 23 heavy (non-hydrogen) atoms. The molecule has 0 amide bonds. The molecule has 0 aliphatic rings. The first-order chi connectivity index (χ1) is 11.3. The Kier molecular flexibility index (Phi) is 6.43. The molecule has 1 aromatic heterocycles. The third kappa shape index (κ3) is 5.68. The van der Waals surface area contributed by atoms with Gasteiger partial charge in [0.05, 0.1) is 30.4 Å². The molecule has 0 radical (unpaired) electrons. The van der Waals surface area contributed by atoms with Crippen molar-refractivity contribution in [1.29, 1.82) is 10.5 Å². The molecule has 0 saturated carbocycles. The normalized spacial score (nSPS) is 9.65. The van der Waals surface area contributed by atoms with Crippen LogP contribution < -0.4 is 9.47 Å². The largest absolute Gasteiger partial charge is 0.494 e. The van der Waals surface area contributed by atoms with Crippen molar-refractivity contribution in [1.82, 2.24) is 4.98 Å². The molecule has 5 nitrogen and oxygen atoms in total. The first-order valence-electron chi connectivity index (χ1n) is 7.44. The van der Waals surface area contributed by atoms with Gasteiger partial charge in [0, 0.05) is 12.3 Å². The summed E-state index contributed by atoms with van der Waals surface area (Å²) in [4.78, 5) is 4.04. The van der Waals surface area contributed by atoms with Gasteiger partial charge in [-0.1, -0.05) is 0 Å². The van der Waals surface area contributed by atoms with Crippen LogP contribution in [0.25, 0.3) is 0 Å². The van der Waals surface area contributed by atoms with Gasteiger partial charge >= 0.3 is 0 Å². The van der Waals surface area contributed by atoms with Crippen molar-refractivity contribution in [3.05, 3.63) is 53.7 Å². The van der Waals surface area contributed by atoms with E-state index < -0.39 is 0 Å². The van der Waals surface area contributed by atoms with E-state index in [0.717, 1.165) is 25.0 Å². The van der Waals surface area contributed by atoms with Crippen LogP contribution in [0.4, 0.5) is 0 Å². The molecule has 2 rings (SSSR count). The third-order valence-corrected chi connectivity index (χ3v) is 3.16. The number of ether oxygens (including phenoxy) is 2. The average Bonchev–Trinajstić information content (AvgIpc) is 2.62. The van der Waals surface area contributed by atoms with E-state index in [1.165, 1.54) is 6.20 Å². The third-order valence-electron chi connectivity index (χ3n) is 3.16. The number of nitriles is 2. The van der Waals surface area contributed by atoms with E-state index in [4.69, 9.17) is 20.0 Å². The highest BCUT2D eigenvalue weighted by Gasteiger charge is 1.98. The monoisotopic (exact) mass is 307 g/mol. The van der Waals surface area contributed by atoms with Crippen LogP contribution in [0.5, 0.6) is 11.6 Å². The summed E-state index contributed by atoms with van der Waals surface area (Å²) in [5.41, 5.74) is 1.16. The molecule has 116 valence electrons. The Bertz CT molecular complexity index is 621. The first-order valence-corrected chi connectivity index (χ1v) is 7.44. The Morgan fingerprint density at radius 2 is 1.43 bits per heavy atom. The number of benzene rings is 1. The minimum Gasteiger partial charge on any atom is -0.494 e. The maximum atomic E-state index is 8.71. The maximum absolute atomic E-state index is 8.71. The minimum absolute atomic E-state index is 0.525. The van der Waals surface area contributed by atoms with Gasteiger partial charge in [0.1, 0.15) is 11.8 Å². The summed E-state index contributed by atoms with van der Waals surface area (Å²) < 4.78 is 11.1. The van der Waals surface area contributed by atoms with Crippen molar-refractivity contribution >= 4 is 0 Å². The molecule has 1 heterocycles. The lowest BCUT2D eigenvalue weighted by atomic mass is 10.2. The lowest BCUT2D eigenvalue weighted by molar-refractivity contribution is 0.274. The van der Waals surface area contributed by atoms with Crippen molar-refractivity contribution in [2.75, 3.05) is 13.2 Å². The van der Waals surface area contributed by atoms with Gasteiger partial charge in [0.25, 0.3) is 0 Å². The summed E-state index contributed by atoms with van der Waals surface area (Å²) in [5, 5.41) is 17.4. The highest BCUT2D eigenvalue weighted by atomic mass is 16.5. The van der Waals surface area contributed by atoms with Gasteiger partial charge in [0.2, 0.25) is 5.88 Å². The zero-order chi connectivity index (χ0) is 16.3. The van der Waals surface area contributed by atoms with Crippen molar-refractivity contribution in [3.63, 3.8) is 0 Å². The second-order valence-electron chi connectivity index (χ2n) is 4.89. The van der Waals surface area contributed by atoms with E-state index in [1.807, 2.05) is 6.07 Å². The number of rotatable bonds is 8. The van der Waals surface area contributed by atoms with E-state index in [9.17, 15) is 0 Å². The molecule has 0 N–H and O–H groups in total. The van der Waals surface area contributed by atoms with Crippen LogP contribution in [0.3, 0.4) is 0 Å². The Balaban J connectivity index is 1.55. The highest BCUT2D eigenvalue weighted by Crippen LogP contribution is 2.12. The Hall–Kier alpha value is -3.05. The second-order valence-corrected chi connectivity index (χ2v) is 4.89. The second kappa shape index (κ2) is 9.07. The highest BCUT2D eigenvalue weighted by molar-refractivity contribution is 5.34. The van der Waals surface area contributed by atoms with Crippen molar-refractivity contribution in [3.8, 4) is 23.8 Å². The topological polar surface area (TPSA) is 78.9 Å². The smallest absolute Gasteiger partial charge is 0.213 e. The molecule has 1 aromatic carbocycles. The molecule has 0 fully saturated rings. The van der Waals surface area contributed by atoms with E-state index in [1.54, 1.807) is 36.4 Å². The molecule has 0 spiro atoms. The van der Waals surface area contributed by atoms with Crippen molar-refractivity contribution < 1.29 is 9.47 Å². The molecular weight excluding hydrogens is 290 g/mol. The van der Waals surface area contributed by atoms with Crippen molar-refractivity contribution in [2.45, 2.75) is 19.3 Å². The quantitative estimate of drug-likeness (QED) is 0.698. The van der Waals surface area contributed by atoms with Crippen molar-refractivity contribution in [2.24, 2.45) is 0 Å². The zero-order valence-corrected chi connectivity index (χ0v) is 12.7. The van der Waals surface area contributed by atoms with Crippen LogP contribution in [0.1, 0.15) is 30.4 Å². The van der Waals surface area contributed by atoms with Gasteiger partial charge in [-0.25, -0.2) is 4.98 Å². The maximum Gasteiger partial charge on any atom is 0.213 e. The Labute approximate surface area is 135 Å². The molecule has 0 saturated heterocycles. The number of nitrogens with zero attached hydrogens (tertiary/aromatic N) is 3. The summed E-state index contributed by atoms with van der Waals surface area (Å²) in [7, 11) is 0. The predicted molar refractivity (Wildman–Crippen MR) is 85.0 cm³/mol. The average molecular weight is 307 g/mol. The summed E-state index contributed by atoms with van der Waals surface area (Å²) >= 11 is 0. The van der Waals surface area contributed by atoms with Crippen LogP contribution in [0.2, 0.25) is 0 Å². The molecule has 0 unspecified atom stereocenters. The number of hydrogen-bond acceptors (Lipinski definition) is 5. The fourth-order valence-electron chi connectivity index (χ4n) is 1.91. The zero-order valence-electron chi connectivity index (χ0n) is 12.7. The summed E-state index contributed by atoms with van der Waals surface area (Å²) in [6, 6.07) is 14.6. The minimum atomic E-state index is 0.525. The molecule has 5 heteroatoms.